The van der Waals surface area contributed by atoms with Crippen molar-refractivity contribution in [3.05, 3.63) is 0 Å². The highest BCUT2D eigenvalue weighted by Gasteiger charge is 2.01. The van der Waals surface area contributed by atoms with E-state index >= 15 is 0 Å². The first-order chi connectivity index (χ1) is 44.7. The summed E-state index contributed by atoms with van der Waals surface area (Å²) in [5.41, 5.74) is 0. The molecule has 0 fully saturated rings. The summed E-state index contributed by atoms with van der Waals surface area (Å²) in [7, 11) is 0. The highest BCUT2D eigenvalue weighted by molar-refractivity contribution is 4.56. The molecule has 0 amide bonds. The predicted molar refractivity (Wildman–Crippen MR) is 424 cm³/mol. The zero-order chi connectivity index (χ0) is 66.0. The quantitative estimate of drug-likeness (QED) is 0.0533. The molecule has 0 saturated carbocycles. The van der Waals surface area contributed by atoms with Gasteiger partial charge in [-0.05, 0) is 0 Å². The van der Waals surface area contributed by atoms with Gasteiger partial charge in [0.1, 0.15) is 0 Å². The van der Waals surface area contributed by atoms with Gasteiger partial charge in [-0.25, -0.2) is 0 Å². The monoisotopic (exact) mass is 1270 g/mol. The van der Waals surface area contributed by atoms with E-state index in [-0.39, 0.29) is 0 Å². The van der Waals surface area contributed by atoms with E-state index < -0.39 is 0 Å². The molecule has 0 spiro atoms. The molecule has 0 aliphatic carbocycles. The highest BCUT2D eigenvalue weighted by atomic mass is 14.1. The van der Waals surface area contributed by atoms with E-state index in [1.165, 1.54) is 527 Å². The lowest BCUT2D eigenvalue weighted by Crippen LogP contribution is -1.84. The summed E-state index contributed by atoms with van der Waals surface area (Å²) in [5.74, 6) is 0. The van der Waals surface area contributed by atoms with Crippen molar-refractivity contribution < 1.29 is 0 Å². The Bertz CT molecular complexity index is 963. The summed E-state index contributed by atoms with van der Waals surface area (Å²) >= 11 is 0. The molecule has 0 rings (SSSR count). The second kappa shape index (κ2) is 103. The average Bonchev–Trinajstić information content (AvgIpc) is 3.56. The Morgan fingerprint density at radius 2 is 0.0889 bits per heavy atom. The minimum absolute atomic E-state index is 1.37. The van der Waals surface area contributed by atoms with Gasteiger partial charge in [0.2, 0.25) is 0 Å². The maximum atomic E-state index is 2.30. The lowest BCUT2D eigenvalue weighted by atomic mass is 10.0. The molecule has 0 aliphatic rings. The van der Waals surface area contributed by atoms with Crippen molar-refractivity contribution in [3.8, 4) is 0 Å². The molecule has 0 radical (unpaired) electrons. The first kappa shape index (κ1) is 96.4. The van der Waals surface area contributed by atoms with Crippen LogP contribution in [0, 0.1) is 0 Å². The Morgan fingerprint density at radius 1 is 0.0556 bits per heavy atom. The summed E-state index contributed by atoms with van der Waals surface area (Å²) in [5, 5.41) is 0. The van der Waals surface area contributed by atoms with E-state index in [9.17, 15) is 0 Å². The van der Waals surface area contributed by atoms with Crippen LogP contribution in [0.4, 0.5) is 0 Å². The van der Waals surface area contributed by atoms with Crippen LogP contribution in [0.2, 0.25) is 0 Å². The van der Waals surface area contributed by atoms with Gasteiger partial charge in [0.25, 0.3) is 0 Å². The van der Waals surface area contributed by atoms with Crippen molar-refractivity contribution in [3.63, 3.8) is 0 Å². The van der Waals surface area contributed by atoms with Crippen molar-refractivity contribution in [1.82, 2.24) is 0 Å². The summed E-state index contributed by atoms with van der Waals surface area (Å²) in [6, 6.07) is 0. The van der Waals surface area contributed by atoms with Gasteiger partial charge in [0.15, 0.2) is 0 Å². The fourth-order valence-electron chi connectivity index (χ4n) is 13.7. The lowest BCUT2D eigenvalue weighted by molar-refractivity contribution is 0.520. The molecule has 0 atom stereocenters. The van der Waals surface area contributed by atoms with Crippen LogP contribution in [0.3, 0.4) is 0 Å². The van der Waals surface area contributed by atoms with Crippen molar-refractivity contribution in [2.45, 2.75) is 582 Å². The third kappa shape index (κ3) is 109. The Labute approximate surface area is 578 Å². The summed E-state index contributed by atoms with van der Waals surface area (Å²) < 4.78 is 0. The number of unbranched alkanes of at least 4 members (excludes halogenated alkanes) is 78. The molecule has 0 heteroatoms. The number of hydrogen-bond acceptors (Lipinski definition) is 0. The summed E-state index contributed by atoms with van der Waals surface area (Å²) in [6.45, 7) is 18.4. The van der Waals surface area contributed by atoms with Gasteiger partial charge in [-0.3, -0.25) is 0 Å². The molecule has 0 unspecified atom stereocenters. The molecule has 0 bridgehead atoms. The number of hydrogen-bond donors (Lipinski definition) is 0. The van der Waals surface area contributed by atoms with Gasteiger partial charge in [-0.15, -0.1) is 0 Å². The molecule has 0 N–H and O–H groups in total. The van der Waals surface area contributed by atoms with Gasteiger partial charge in [-0.1, -0.05) is 582 Å². The summed E-state index contributed by atoms with van der Waals surface area (Å²) in [4.78, 5) is 0. The minimum atomic E-state index is 1.37. The molecule has 0 aromatic carbocycles. The minimum Gasteiger partial charge on any atom is -0.0654 e. The van der Waals surface area contributed by atoms with Crippen molar-refractivity contribution in [2.24, 2.45) is 0 Å². The van der Waals surface area contributed by atoms with Crippen LogP contribution in [-0.2, 0) is 0 Å². The van der Waals surface area contributed by atoms with E-state index in [0.717, 1.165) is 0 Å². The van der Waals surface area contributed by atoms with E-state index in [0.29, 0.717) is 0 Å². The zero-order valence-electron chi connectivity index (χ0n) is 66.0. The van der Waals surface area contributed by atoms with Gasteiger partial charge < -0.3 is 0 Å². The van der Waals surface area contributed by atoms with Gasteiger partial charge in [0, 0.05) is 0 Å². The molecular formula is C90H188. The topological polar surface area (TPSA) is 0 Å². The predicted octanol–water partition coefficient (Wildman–Crippen LogP) is 36.1. The van der Waals surface area contributed by atoms with E-state index in [2.05, 4.69) is 55.4 Å². The lowest BCUT2D eigenvalue weighted by Gasteiger charge is -2.04. The fraction of sp³-hybridized carbons (Fsp3) is 1.00. The molecule has 0 nitrogen and oxygen atoms in total. The average molecular weight is 1270 g/mol. The van der Waals surface area contributed by atoms with Gasteiger partial charge >= 0.3 is 0 Å². The van der Waals surface area contributed by atoms with Gasteiger partial charge in [-0.2, -0.15) is 0 Å². The largest absolute Gasteiger partial charge is 0.0654 e. The molecule has 0 aromatic rings. The van der Waals surface area contributed by atoms with Crippen molar-refractivity contribution >= 4 is 0 Å². The van der Waals surface area contributed by atoms with Crippen LogP contribution in [0.25, 0.3) is 0 Å². The highest BCUT2D eigenvalue weighted by Crippen LogP contribution is 2.20. The third-order valence-corrected chi connectivity index (χ3v) is 20.3. The van der Waals surface area contributed by atoms with Crippen LogP contribution >= 0.6 is 0 Å². The maximum absolute atomic E-state index is 2.30. The van der Waals surface area contributed by atoms with E-state index in [1.54, 1.807) is 0 Å². The molecule has 0 saturated heterocycles. The Balaban J connectivity index is -0.000000548. The number of rotatable bonds is 78. The molecule has 90 heavy (non-hydrogen) atoms. The van der Waals surface area contributed by atoms with Crippen LogP contribution in [0.15, 0.2) is 0 Å². The van der Waals surface area contributed by atoms with Crippen LogP contribution in [0.5, 0.6) is 0 Å². The molecule has 0 aliphatic heterocycles. The second-order valence-corrected chi connectivity index (χ2v) is 30.2. The summed E-state index contributed by atoms with van der Waals surface area (Å²) in [6.07, 6.45) is 121. The first-order valence-electron chi connectivity index (χ1n) is 44.7. The molecular weight excluding hydrogens is 1080 g/mol. The molecule has 548 valence electrons. The molecule has 0 aromatic heterocycles. The SMILES string of the molecule is CCCCCCCCCCCCCCCCCCCCC.CCCCCCCCCCCCCCCCCCCCCC.CCCCCCCCCCCCCCCCCCCCCCC.CCCCCCCCCCCCCCCCCCCCCCCC. The smallest absolute Gasteiger partial charge is 0.0533 e. The Kier molecular flexibility index (Phi) is 110. The normalized spacial score (nSPS) is 11.2. The van der Waals surface area contributed by atoms with Gasteiger partial charge in [0.05, 0.1) is 0 Å². The fourth-order valence-corrected chi connectivity index (χ4v) is 13.7. The van der Waals surface area contributed by atoms with Crippen molar-refractivity contribution in [2.75, 3.05) is 0 Å². The van der Waals surface area contributed by atoms with Crippen LogP contribution < -0.4 is 0 Å². The second-order valence-electron chi connectivity index (χ2n) is 30.2. The standard InChI is InChI=1S/C24H50.C23H48.C22H46.C21H44/c1-3-5-7-9-11-13-15-17-19-21-23-24-22-20-18-16-14-12-10-8-6-4-2;1-3-5-7-9-11-13-15-17-19-21-23-22-20-18-16-14-12-10-8-6-4-2;1-3-5-7-9-11-13-15-17-19-21-22-20-18-16-14-12-10-8-6-4-2;1-3-5-7-9-11-13-15-17-19-21-20-18-16-14-12-10-8-6-4-2/h3-24H2,1-2H3;3-23H2,1-2H3;3-22H2,1-2H3;3-21H2,1-2H3. The molecule has 0 heterocycles. The Morgan fingerprint density at radius 3 is 0.122 bits per heavy atom. The first-order valence-corrected chi connectivity index (χ1v) is 44.7. The van der Waals surface area contributed by atoms with E-state index in [1.807, 2.05) is 0 Å². The Hall–Kier alpha value is 0. The van der Waals surface area contributed by atoms with E-state index in [4.69, 9.17) is 0 Å². The zero-order valence-corrected chi connectivity index (χ0v) is 66.0. The maximum Gasteiger partial charge on any atom is -0.0533 e. The van der Waals surface area contributed by atoms with Crippen LogP contribution in [0.1, 0.15) is 582 Å². The van der Waals surface area contributed by atoms with Crippen molar-refractivity contribution in [1.29, 1.82) is 0 Å². The third-order valence-electron chi connectivity index (χ3n) is 20.3. The van der Waals surface area contributed by atoms with Crippen LogP contribution in [-0.4, -0.2) is 0 Å².